The van der Waals surface area contributed by atoms with Gasteiger partial charge >= 0.3 is 0 Å². The molecule has 0 saturated heterocycles. The van der Waals surface area contributed by atoms with E-state index in [4.69, 9.17) is 11.6 Å². The second-order valence-corrected chi connectivity index (χ2v) is 6.15. The summed E-state index contributed by atoms with van der Waals surface area (Å²) in [5.41, 5.74) is 4.70. The summed E-state index contributed by atoms with van der Waals surface area (Å²) in [6.45, 7) is 8.53. The van der Waals surface area contributed by atoms with Crippen LogP contribution in [0.5, 0.6) is 0 Å². The van der Waals surface area contributed by atoms with Gasteiger partial charge in [-0.1, -0.05) is 17.7 Å². The van der Waals surface area contributed by atoms with Gasteiger partial charge in [0.1, 0.15) is 0 Å². The number of aryl methyl sites for hydroxylation is 1. The summed E-state index contributed by atoms with van der Waals surface area (Å²) in [6.07, 6.45) is 2.22. The summed E-state index contributed by atoms with van der Waals surface area (Å²) >= 11 is 9.84. The van der Waals surface area contributed by atoms with Crippen molar-refractivity contribution < 1.29 is 0 Å². The summed E-state index contributed by atoms with van der Waals surface area (Å²) in [4.78, 5) is 0. The standard InChI is InChI=1S/C13H15BrClN/c1-7-5-9(14)11(15)10-8(2)6-13(3,4)16-12(7)10/h5-6,16H,1-4H3. The van der Waals surface area contributed by atoms with Crippen LogP contribution >= 0.6 is 27.5 Å². The second kappa shape index (κ2) is 3.78. The Morgan fingerprint density at radius 2 is 1.94 bits per heavy atom. The third-order valence-corrected chi connectivity index (χ3v) is 4.08. The lowest BCUT2D eigenvalue weighted by Crippen LogP contribution is -2.32. The highest BCUT2D eigenvalue weighted by Crippen LogP contribution is 2.43. The number of hydrogen-bond acceptors (Lipinski definition) is 1. The number of hydrogen-bond donors (Lipinski definition) is 1. The van der Waals surface area contributed by atoms with Crippen molar-refractivity contribution in [1.29, 1.82) is 0 Å². The van der Waals surface area contributed by atoms with Crippen LogP contribution in [0.25, 0.3) is 5.57 Å². The predicted molar refractivity (Wildman–Crippen MR) is 75.2 cm³/mol. The number of benzene rings is 1. The molecule has 1 aromatic rings. The monoisotopic (exact) mass is 299 g/mol. The van der Waals surface area contributed by atoms with Gasteiger partial charge in [0.05, 0.1) is 10.6 Å². The van der Waals surface area contributed by atoms with Gasteiger partial charge in [-0.2, -0.15) is 0 Å². The van der Waals surface area contributed by atoms with Gasteiger partial charge in [0.25, 0.3) is 0 Å². The Kier molecular flexibility index (Phi) is 2.83. The summed E-state index contributed by atoms with van der Waals surface area (Å²) in [5, 5.41) is 4.31. The molecule has 0 bridgehead atoms. The van der Waals surface area contributed by atoms with Crippen molar-refractivity contribution in [2.45, 2.75) is 33.2 Å². The minimum absolute atomic E-state index is 0.0149. The summed E-state index contributed by atoms with van der Waals surface area (Å²) in [5.74, 6) is 0. The molecule has 0 saturated carbocycles. The minimum atomic E-state index is -0.0149. The van der Waals surface area contributed by atoms with E-state index < -0.39 is 0 Å². The topological polar surface area (TPSA) is 12.0 Å². The maximum atomic E-state index is 6.34. The van der Waals surface area contributed by atoms with Crippen molar-refractivity contribution in [2.24, 2.45) is 0 Å². The molecule has 2 rings (SSSR count). The number of allylic oxidation sites excluding steroid dienone is 1. The maximum absolute atomic E-state index is 6.34. The third-order valence-electron chi connectivity index (χ3n) is 2.84. The maximum Gasteiger partial charge on any atom is 0.0643 e. The molecule has 0 unspecified atom stereocenters. The average Bonchev–Trinajstić information content (AvgIpc) is 2.12. The van der Waals surface area contributed by atoms with E-state index in [1.807, 2.05) is 0 Å². The molecule has 0 amide bonds. The summed E-state index contributed by atoms with van der Waals surface area (Å²) < 4.78 is 0.958. The molecule has 1 aromatic carbocycles. The van der Waals surface area contributed by atoms with Crippen LogP contribution in [0.3, 0.4) is 0 Å². The fourth-order valence-corrected chi connectivity index (χ4v) is 3.09. The van der Waals surface area contributed by atoms with Crippen LogP contribution < -0.4 is 5.32 Å². The molecular weight excluding hydrogens is 286 g/mol. The molecule has 1 heterocycles. The Labute approximate surface area is 110 Å². The SMILES string of the molecule is CC1=CC(C)(C)Nc2c(C)cc(Br)c(Cl)c21. The summed E-state index contributed by atoms with van der Waals surface area (Å²) in [6, 6.07) is 2.06. The van der Waals surface area contributed by atoms with Gasteiger partial charge in [-0.15, -0.1) is 0 Å². The predicted octanol–water partition coefficient (Wildman–Crippen LogP) is 5.02. The van der Waals surface area contributed by atoms with Gasteiger partial charge in [0.2, 0.25) is 0 Å². The highest BCUT2D eigenvalue weighted by Gasteiger charge is 2.26. The highest BCUT2D eigenvalue weighted by molar-refractivity contribution is 9.10. The van der Waals surface area contributed by atoms with Gasteiger partial charge in [-0.3, -0.25) is 0 Å². The molecule has 0 fully saturated rings. The number of rotatable bonds is 0. The van der Waals surface area contributed by atoms with E-state index in [2.05, 4.69) is 61.1 Å². The van der Waals surface area contributed by atoms with E-state index in [1.165, 1.54) is 11.1 Å². The minimum Gasteiger partial charge on any atom is -0.376 e. The zero-order chi connectivity index (χ0) is 12.1. The highest BCUT2D eigenvalue weighted by atomic mass is 79.9. The van der Waals surface area contributed by atoms with Crippen LogP contribution in [0.2, 0.25) is 5.02 Å². The van der Waals surface area contributed by atoms with E-state index in [9.17, 15) is 0 Å². The molecular formula is C13H15BrClN. The Morgan fingerprint density at radius 3 is 2.56 bits per heavy atom. The Morgan fingerprint density at radius 1 is 1.31 bits per heavy atom. The molecule has 0 aliphatic carbocycles. The van der Waals surface area contributed by atoms with Crippen molar-refractivity contribution in [3.63, 3.8) is 0 Å². The Hall–Kier alpha value is -0.470. The first-order valence-corrected chi connectivity index (χ1v) is 6.45. The van der Waals surface area contributed by atoms with E-state index in [-0.39, 0.29) is 5.54 Å². The third kappa shape index (κ3) is 1.89. The number of fused-ring (bicyclic) bond motifs is 1. The van der Waals surface area contributed by atoms with E-state index in [1.54, 1.807) is 0 Å². The molecule has 0 atom stereocenters. The van der Waals surface area contributed by atoms with Crippen LogP contribution in [0.1, 0.15) is 31.9 Å². The lowest BCUT2D eigenvalue weighted by atomic mass is 9.90. The fraction of sp³-hybridized carbons (Fsp3) is 0.385. The number of anilines is 1. The van der Waals surface area contributed by atoms with Gasteiger partial charge in [-0.05, 0) is 60.8 Å². The zero-order valence-corrected chi connectivity index (χ0v) is 12.3. The molecule has 1 aliphatic rings. The van der Waals surface area contributed by atoms with Crippen molar-refractivity contribution in [3.05, 3.63) is 32.8 Å². The van der Waals surface area contributed by atoms with Gasteiger partial charge < -0.3 is 5.32 Å². The van der Waals surface area contributed by atoms with Crippen LogP contribution in [-0.2, 0) is 0 Å². The fourth-order valence-electron chi connectivity index (χ4n) is 2.25. The normalized spacial score (nSPS) is 17.5. The van der Waals surface area contributed by atoms with Gasteiger partial charge in [-0.25, -0.2) is 0 Å². The molecule has 1 nitrogen and oxygen atoms in total. The zero-order valence-electron chi connectivity index (χ0n) is 9.91. The Balaban J connectivity index is 2.74. The average molecular weight is 301 g/mol. The van der Waals surface area contributed by atoms with Crippen molar-refractivity contribution >= 4 is 38.8 Å². The molecule has 1 N–H and O–H groups in total. The van der Waals surface area contributed by atoms with Crippen LogP contribution in [0, 0.1) is 6.92 Å². The van der Waals surface area contributed by atoms with Crippen LogP contribution in [-0.4, -0.2) is 5.54 Å². The molecule has 0 aromatic heterocycles. The first-order chi connectivity index (χ1) is 7.32. The van der Waals surface area contributed by atoms with Gasteiger partial charge in [0.15, 0.2) is 0 Å². The molecule has 0 spiro atoms. The van der Waals surface area contributed by atoms with Crippen LogP contribution in [0.15, 0.2) is 16.6 Å². The largest absolute Gasteiger partial charge is 0.376 e. The first kappa shape index (κ1) is 12.0. The summed E-state index contributed by atoms with van der Waals surface area (Å²) in [7, 11) is 0. The Bertz CT molecular complexity index is 489. The van der Waals surface area contributed by atoms with E-state index in [0.717, 1.165) is 20.7 Å². The number of halogens is 2. The molecule has 86 valence electrons. The lowest BCUT2D eigenvalue weighted by molar-refractivity contribution is 0.706. The quantitative estimate of drug-likeness (QED) is 0.709. The van der Waals surface area contributed by atoms with Gasteiger partial charge in [0, 0.05) is 15.7 Å². The van der Waals surface area contributed by atoms with E-state index >= 15 is 0 Å². The smallest absolute Gasteiger partial charge is 0.0643 e. The molecule has 0 radical (unpaired) electrons. The van der Waals surface area contributed by atoms with Crippen LogP contribution in [0.4, 0.5) is 5.69 Å². The second-order valence-electron chi connectivity index (χ2n) is 4.91. The lowest BCUT2D eigenvalue weighted by Gasteiger charge is -2.33. The molecule has 3 heteroatoms. The molecule has 1 aliphatic heterocycles. The van der Waals surface area contributed by atoms with Crippen molar-refractivity contribution in [2.75, 3.05) is 5.32 Å². The first-order valence-electron chi connectivity index (χ1n) is 5.28. The van der Waals surface area contributed by atoms with E-state index in [0.29, 0.717) is 0 Å². The molecule has 16 heavy (non-hydrogen) atoms. The number of nitrogens with one attached hydrogen (secondary N) is 1. The van der Waals surface area contributed by atoms with Crippen molar-refractivity contribution in [1.82, 2.24) is 0 Å². The van der Waals surface area contributed by atoms with Crippen molar-refractivity contribution in [3.8, 4) is 0 Å².